The Bertz CT molecular complexity index is 1150. The molecular formula is C23H23ClF2N4OS. The van der Waals surface area contributed by atoms with Crippen LogP contribution in [0.2, 0.25) is 0 Å². The molecule has 4 aliphatic rings. The van der Waals surface area contributed by atoms with E-state index in [1.165, 1.54) is 62.0 Å². The number of hydrogen-bond donors (Lipinski definition) is 1. The highest BCUT2D eigenvalue weighted by molar-refractivity contribution is 7.13. The van der Waals surface area contributed by atoms with E-state index in [-0.39, 0.29) is 22.7 Å². The number of amides is 1. The van der Waals surface area contributed by atoms with Crippen LogP contribution in [0, 0.1) is 23.2 Å². The fraction of sp³-hybridized carbons (Fsp3) is 0.522. The zero-order valence-electron chi connectivity index (χ0n) is 17.4. The monoisotopic (exact) mass is 476 g/mol. The van der Waals surface area contributed by atoms with Gasteiger partial charge in [0.05, 0.1) is 10.6 Å². The van der Waals surface area contributed by atoms with Gasteiger partial charge in [-0.2, -0.15) is 13.9 Å². The van der Waals surface area contributed by atoms with Crippen molar-refractivity contribution < 1.29 is 13.6 Å². The summed E-state index contributed by atoms with van der Waals surface area (Å²) >= 11 is 6.77. The quantitative estimate of drug-likeness (QED) is 0.481. The third-order valence-electron chi connectivity index (χ3n) is 7.51. The Balaban J connectivity index is 1.28. The average Bonchev–Trinajstić information content (AvgIpc) is 3.39. The maximum atomic E-state index is 14.2. The van der Waals surface area contributed by atoms with E-state index in [1.807, 2.05) is 11.4 Å². The molecule has 9 heteroatoms. The van der Waals surface area contributed by atoms with Crippen molar-refractivity contribution in [3.63, 3.8) is 0 Å². The lowest BCUT2D eigenvalue weighted by Gasteiger charge is -2.56. The lowest BCUT2D eigenvalue weighted by Crippen LogP contribution is -2.51. The van der Waals surface area contributed by atoms with Gasteiger partial charge in [-0.05, 0) is 90.8 Å². The number of carbonyl (C=O) groups is 1. The third-order valence-corrected chi connectivity index (χ3v) is 8.60. The van der Waals surface area contributed by atoms with Gasteiger partial charge in [0.1, 0.15) is 5.69 Å². The first kappa shape index (κ1) is 20.5. The standard InChI is InChI=1S/C23H23ClF2N4OS/c24-23(25,26)19-7-16(18-2-1-3-32-18)28-20-8-17(29-30(19)20)21(31)27-12-22-9-13-4-14(10-22)6-15(5-13)11-22/h1-3,7-8,13-15H,4-6,9-12H2,(H,27,31). The summed E-state index contributed by atoms with van der Waals surface area (Å²) in [5.41, 5.74) is 0.303. The smallest absolute Gasteiger partial charge is 0.350 e. The number of halogens is 3. The molecule has 32 heavy (non-hydrogen) atoms. The van der Waals surface area contributed by atoms with E-state index >= 15 is 0 Å². The second-order valence-electron chi connectivity index (χ2n) is 9.90. The second kappa shape index (κ2) is 7.22. The molecule has 3 aromatic heterocycles. The van der Waals surface area contributed by atoms with Gasteiger partial charge in [0.2, 0.25) is 0 Å². The summed E-state index contributed by atoms with van der Waals surface area (Å²) in [6, 6.07) is 6.31. The summed E-state index contributed by atoms with van der Waals surface area (Å²) in [6.07, 6.45) is 7.56. The van der Waals surface area contributed by atoms with Gasteiger partial charge in [0.15, 0.2) is 11.3 Å². The highest BCUT2D eigenvalue weighted by atomic mass is 35.5. The maximum Gasteiger partial charge on any atom is 0.364 e. The van der Waals surface area contributed by atoms with Crippen molar-refractivity contribution in [3.05, 3.63) is 41.0 Å². The van der Waals surface area contributed by atoms with E-state index in [0.29, 0.717) is 12.2 Å². The molecule has 1 amide bonds. The van der Waals surface area contributed by atoms with E-state index in [0.717, 1.165) is 27.1 Å². The molecule has 0 saturated heterocycles. The zero-order chi connectivity index (χ0) is 22.1. The molecule has 0 radical (unpaired) electrons. The number of hydrogen-bond acceptors (Lipinski definition) is 4. The highest BCUT2D eigenvalue weighted by Gasteiger charge is 2.50. The first-order valence-electron chi connectivity index (χ1n) is 11.1. The van der Waals surface area contributed by atoms with Crippen LogP contribution in [-0.4, -0.2) is 27.0 Å². The van der Waals surface area contributed by atoms with Gasteiger partial charge in [-0.3, -0.25) is 4.79 Å². The fourth-order valence-electron chi connectivity index (χ4n) is 6.70. The average molecular weight is 477 g/mol. The van der Waals surface area contributed by atoms with Gasteiger partial charge < -0.3 is 5.32 Å². The third kappa shape index (κ3) is 3.52. The number of nitrogens with zero attached hydrogens (tertiary/aromatic N) is 3. The van der Waals surface area contributed by atoms with Gasteiger partial charge in [-0.15, -0.1) is 11.3 Å². The summed E-state index contributed by atoms with van der Waals surface area (Å²) < 4.78 is 29.3. The van der Waals surface area contributed by atoms with Crippen molar-refractivity contribution in [1.29, 1.82) is 0 Å². The largest absolute Gasteiger partial charge is 0.364 e. The van der Waals surface area contributed by atoms with Crippen LogP contribution in [0.4, 0.5) is 8.78 Å². The summed E-state index contributed by atoms with van der Waals surface area (Å²) in [4.78, 5) is 18.1. The minimum absolute atomic E-state index is 0.0766. The number of thiophene rings is 1. The molecular weight excluding hydrogens is 454 g/mol. The zero-order valence-corrected chi connectivity index (χ0v) is 18.9. The molecule has 0 spiro atoms. The van der Waals surface area contributed by atoms with Crippen LogP contribution in [0.25, 0.3) is 16.2 Å². The molecule has 4 fully saturated rings. The van der Waals surface area contributed by atoms with Crippen molar-refractivity contribution in [2.24, 2.45) is 23.2 Å². The van der Waals surface area contributed by atoms with Crippen molar-refractivity contribution in [2.75, 3.05) is 6.54 Å². The van der Waals surface area contributed by atoms with Crippen LogP contribution < -0.4 is 5.32 Å². The Morgan fingerprint density at radius 2 is 1.91 bits per heavy atom. The molecule has 0 atom stereocenters. The molecule has 4 aliphatic carbocycles. The number of aromatic nitrogens is 3. The van der Waals surface area contributed by atoms with Gasteiger partial charge in [0, 0.05) is 12.6 Å². The Kier molecular flexibility index (Phi) is 4.63. The number of alkyl halides is 3. The molecule has 4 saturated carbocycles. The molecule has 0 aromatic carbocycles. The minimum Gasteiger partial charge on any atom is -0.350 e. The number of fused-ring (bicyclic) bond motifs is 1. The molecule has 7 rings (SSSR count). The summed E-state index contributed by atoms with van der Waals surface area (Å²) in [7, 11) is 0. The summed E-state index contributed by atoms with van der Waals surface area (Å²) in [5.74, 6) is 2.03. The van der Waals surface area contributed by atoms with Gasteiger partial charge in [0.25, 0.3) is 5.91 Å². The van der Waals surface area contributed by atoms with Crippen molar-refractivity contribution in [3.8, 4) is 10.6 Å². The van der Waals surface area contributed by atoms with Crippen molar-refractivity contribution in [2.45, 2.75) is 43.9 Å². The topological polar surface area (TPSA) is 59.3 Å². The van der Waals surface area contributed by atoms with Gasteiger partial charge in [-0.1, -0.05) is 6.07 Å². The van der Waals surface area contributed by atoms with E-state index in [4.69, 9.17) is 11.6 Å². The molecule has 5 nitrogen and oxygen atoms in total. The maximum absolute atomic E-state index is 14.2. The molecule has 168 valence electrons. The van der Waals surface area contributed by atoms with Gasteiger partial charge in [-0.25, -0.2) is 9.50 Å². The van der Waals surface area contributed by atoms with Crippen molar-refractivity contribution in [1.82, 2.24) is 19.9 Å². The van der Waals surface area contributed by atoms with Crippen LogP contribution in [0.5, 0.6) is 0 Å². The number of rotatable bonds is 5. The van der Waals surface area contributed by atoms with E-state index in [1.54, 1.807) is 6.07 Å². The molecule has 0 aliphatic heterocycles. The number of nitrogens with one attached hydrogen (secondary N) is 1. The lowest BCUT2D eigenvalue weighted by molar-refractivity contribution is -0.0503. The van der Waals surface area contributed by atoms with Crippen molar-refractivity contribution >= 4 is 34.5 Å². The Hall–Kier alpha value is -2.06. The van der Waals surface area contributed by atoms with E-state index in [2.05, 4.69) is 15.4 Å². The minimum atomic E-state index is -3.65. The van der Waals surface area contributed by atoms with E-state index in [9.17, 15) is 13.6 Å². The molecule has 3 aromatic rings. The lowest BCUT2D eigenvalue weighted by atomic mass is 9.49. The first-order valence-corrected chi connectivity index (χ1v) is 12.3. The van der Waals surface area contributed by atoms with Crippen LogP contribution in [-0.2, 0) is 5.38 Å². The molecule has 1 N–H and O–H groups in total. The van der Waals surface area contributed by atoms with Crippen LogP contribution in [0.1, 0.15) is 54.7 Å². The Labute approximate surface area is 193 Å². The number of carbonyl (C=O) groups excluding carboxylic acids is 1. The highest BCUT2D eigenvalue weighted by Crippen LogP contribution is 2.59. The molecule has 0 unspecified atom stereocenters. The summed E-state index contributed by atoms with van der Waals surface area (Å²) in [6.45, 7) is 0.621. The normalized spacial score (nSPS) is 29.0. The fourth-order valence-corrected chi connectivity index (χ4v) is 7.52. The molecule has 4 bridgehead atoms. The van der Waals surface area contributed by atoms with Gasteiger partial charge >= 0.3 is 5.38 Å². The second-order valence-corrected chi connectivity index (χ2v) is 11.3. The Morgan fingerprint density at radius 3 is 2.50 bits per heavy atom. The summed E-state index contributed by atoms with van der Waals surface area (Å²) in [5, 5.41) is 5.40. The van der Waals surface area contributed by atoms with Crippen LogP contribution in [0.15, 0.2) is 29.6 Å². The first-order chi connectivity index (χ1) is 15.3. The SMILES string of the molecule is O=C(NCC12CC3CC(CC(C3)C1)C2)c1cc2nc(-c3cccs3)cc(C(F)(F)Cl)n2n1. The predicted octanol–water partition coefficient (Wildman–Crippen LogP) is 5.69. The van der Waals surface area contributed by atoms with Crippen LogP contribution >= 0.6 is 22.9 Å². The van der Waals surface area contributed by atoms with Crippen LogP contribution in [0.3, 0.4) is 0 Å². The Morgan fingerprint density at radius 1 is 1.22 bits per heavy atom. The molecule has 3 heterocycles. The van der Waals surface area contributed by atoms with E-state index < -0.39 is 11.1 Å². The predicted molar refractivity (Wildman–Crippen MR) is 119 cm³/mol.